The van der Waals surface area contributed by atoms with Crippen molar-refractivity contribution in [2.24, 2.45) is 5.92 Å². The Hall–Kier alpha value is -4.45. The summed E-state index contributed by atoms with van der Waals surface area (Å²) in [6.07, 6.45) is 2.49. The first-order valence-corrected chi connectivity index (χ1v) is 13.7. The van der Waals surface area contributed by atoms with Crippen LogP contribution >= 0.6 is 11.5 Å². The van der Waals surface area contributed by atoms with Crippen molar-refractivity contribution in [1.82, 2.24) is 23.7 Å². The first-order chi connectivity index (χ1) is 19.3. The Kier molecular flexibility index (Phi) is 6.62. The van der Waals surface area contributed by atoms with Gasteiger partial charge in [0.1, 0.15) is 10.7 Å². The number of aryl methyl sites for hydroxylation is 1. The summed E-state index contributed by atoms with van der Waals surface area (Å²) in [6.45, 7) is 2.10. The topological polar surface area (TPSA) is 120 Å². The fourth-order valence-corrected chi connectivity index (χ4v) is 5.39. The van der Waals surface area contributed by atoms with Gasteiger partial charge in [-0.15, -0.1) is 5.10 Å². The number of carbonyl (C=O) groups is 1. The van der Waals surface area contributed by atoms with Crippen molar-refractivity contribution < 1.29 is 14.2 Å². The van der Waals surface area contributed by atoms with Crippen LogP contribution in [0.15, 0.2) is 58.1 Å². The molecule has 0 spiro atoms. The molecule has 0 unspecified atom stereocenters. The van der Waals surface area contributed by atoms with Gasteiger partial charge in [-0.1, -0.05) is 34.8 Å². The van der Waals surface area contributed by atoms with Crippen molar-refractivity contribution in [2.45, 2.75) is 39.3 Å². The first kappa shape index (κ1) is 25.8. The number of carbonyl (C=O) groups excluding carboxylic acids is 1. The Morgan fingerprint density at radius 1 is 1.15 bits per heavy atom. The van der Waals surface area contributed by atoms with Gasteiger partial charge in [-0.25, -0.2) is 23.3 Å². The zero-order valence-corrected chi connectivity index (χ0v) is 22.8. The average Bonchev–Trinajstić information content (AvgIpc) is 3.52. The Morgan fingerprint density at radius 3 is 2.58 bits per heavy atom. The van der Waals surface area contributed by atoms with Gasteiger partial charge in [-0.05, 0) is 61.0 Å². The van der Waals surface area contributed by atoms with Gasteiger partial charge in [0.25, 0.3) is 11.6 Å². The van der Waals surface area contributed by atoms with Crippen LogP contribution in [0.4, 0.5) is 10.1 Å². The standard InChI is InChI=1S/C28H26FN7O3S/c1-16-24(40-33-32-16)27(38)34(2)20-11-9-17(10-12-20)13-22-30-23-25(31-22)35(14-18-7-8-18)28(39)36(26(23)37)15-19-5-3-4-6-21(19)29/h3-6,9-12,18H,7-8,13-15H2,1-2H3,(H,30,31)/p+1. The highest BCUT2D eigenvalue weighted by molar-refractivity contribution is 7.08. The molecule has 204 valence electrons. The van der Waals surface area contributed by atoms with Crippen LogP contribution in [0.25, 0.3) is 11.2 Å². The SMILES string of the molecule is Cc1nnsc1C(=O)N(C)c1ccc(Cc2[nH]c3c(=O)n(Cc4ccccc4F)c(=O)n(CC4CC4)c3[nH+]2)cc1. The van der Waals surface area contributed by atoms with E-state index in [1.54, 1.807) is 41.6 Å². The van der Waals surface area contributed by atoms with Crippen molar-refractivity contribution >= 4 is 34.3 Å². The van der Waals surface area contributed by atoms with E-state index in [1.165, 1.54) is 6.07 Å². The van der Waals surface area contributed by atoms with Crippen LogP contribution < -0.4 is 21.1 Å². The molecule has 10 nitrogen and oxygen atoms in total. The van der Waals surface area contributed by atoms with Crippen LogP contribution in [-0.4, -0.2) is 36.7 Å². The lowest BCUT2D eigenvalue weighted by molar-refractivity contribution is -0.361. The van der Waals surface area contributed by atoms with E-state index in [4.69, 9.17) is 0 Å². The number of nitrogens with one attached hydrogen (secondary N) is 2. The average molecular weight is 561 g/mol. The Morgan fingerprint density at radius 2 is 1.90 bits per heavy atom. The van der Waals surface area contributed by atoms with E-state index < -0.39 is 17.1 Å². The molecule has 1 saturated carbocycles. The van der Waals surface area contributed by atoms with Crippen LogP contribution in [0, 0.1) is 18.7 Å². The summed E-state index contributed by atoms with van der Waals surface area (Å²) < 4.78 is 20.9. The molecule has 1 aliphatic carbocycles. The van der Waals surface area contributed by atoms with E-state index >= 15 is 0 Å². The number of H-pyrrole nitrogens is 2. The molecule has 6 rings (SSSR count). The molecule has 0 aliphatic heterocycles. The zero-order chi connectivity index (χ0) is 28.0. The van der Waals surface area contributed by atoms with Crippen molar-refractivity contribution in [3.05, 3.63) is 103 Å². The molecule has 0 bridgehead atoms. The largest absolute Gasteiger partial charge is 0.389 e. The van der Waals surface area contributed by atoms with Crippen LogP contribution in [0.3, 0.4) is 0 Å². The molecule has 1 fully saturated rings. The van der Waals surface area contributed by atoms with Gasteiger partial charge in [-0.3, -0.25) is 14.6 Å². The number of hydrogen-bond acceptors (Lipinski definition) is 6. The molecule has 3 heterocycles. The third-order valence-electron chi connectivity index (χ3n) is 7.25. The van der Waals surface area contributed by atoms with E-state index in [9.17, 15) is 18.8 Å². The summed E-state index contributed by atoms with van der Waals surface area (Å²) in [7, 11) is 1.70. The Bertz CT molecular complexity index is 1850. The fourth-order valence-electron chi connectivity index (χ4n) is 4.76. The van der Waals surface area contributed by atoms with E-state index in [0.29, 0.717) is 40.9 Å². The fraction of sp³-hybridized carbons (Fsp3) is 0.286. The van der Waals surface area contributed by atoms with E-state index in [2.05, 4.69) is 19.6 Å². The minimum atomic E-state index is -0.499. The summed E-state index contributed by atoms with van der Waals surface area (Å²) in [5.74, 6) is 0.396. The maximum Gasteiger partial charge on any atom is 0.389 e. The summed E-state index contributed by atoms with van der Waals surface area (Å²) in [5, 5.41) is 3.91. The number of hydrogen-bond donors (Lipinski definition) is 1. The van der Waals surface area contributed by atoms with E-state index in [0.717, 1.165) is 40.2 Å². The molecule has 3 aromatic heterocycles. The number of benzene rings is 2. The first-order valence-electron chi connectivity index (χ1n) is 13.0. The predicted octanol–water partition coefficient (Wildman–Crippen LogP) is 2.93. The number of aromatic nitrogens is 6. The molecular formula is C28H27FN7O3S+. The lowest BCUT2D eigenvalue weighted by atomic mass is 10.1. The van der Waals surface area contributed by atoms with Gasteiger partial charge in [0.05, 0.1) is 25.2 Å². The summed E-state index contributed by atoms with van der Waals surface area (Å²) >= 11 is 1.07. The van der Waals surface area contributed by atoms with Gasteiger partial charge in [0.2, 0.25) is 11.3 Å². The molecule has 40 heavy (non-hydrogen) atoms. The molecule has 0 saturated heterocycles. The van der Waals surface area contributed by atoms with Crippen LogP contribution in [0.1, 0.15) is 45.2 Å². The van der Waals surface area contributed by atoms with Crippen molar-refractivity contribution in [2.75, 3.05) is 11.9 Å². The maximum absolute atomic E-state index is 14.4. The van der Waals surface area contributed by atoms with Gasteiger partial charge < -0.3 is 4.90 Å². The molecule has 2 N–H and O–H groups in total. The molecule has 0 atom stereocenters. The number of amides is 1. The van der Waals surface area contributed by atoms with Crippen molar-refractivity contribution in [3.63, 3.8) is 0 Å². The number of nitrogens with zero attached hydrogens (tertiary/aromatic N) is 5. The van der Waals surface area contributed by atoms with Gasteiger partial charge in [0.15, 0.2) is 0 Å². The maximum atomic E-state index is 14.4. The number of halogens is 1. The highest BCUT2D eigenvalue weighted by atomic mass is 32.1. The van der Waals surface area contributed by atoms with Crippen LogP contribution in [-0.2, 0) is 19.5 Å². The molecule has 1 amide bonds. The monoisotopic (exact) mass is 560 g/mol. The van der Waals surface area contributed by atoms with Crippen molar-refractivity contribution in [3.8, 4) is 0 Å². The highest BCUT2D eigenvalue weighted by Crippen LogP contribution is 2.30. The van der Waals surface area contributed by atoms with Crippen LogP contribution in [0.2, 0.25) is 0 Å². The normalized spacial score (nSPS) is 13.2. The second-order valence-corrected chi connectivity index (χ2v) is 10.9. The summed E-state index contributed by atoms with van der Waals surface area (Å²) in [5.41, 5.74) is 2.29. The third-order valence-corrected chi connectivity index (χ3v) is 8.07. The number of imidazole rings is 1. The minimum absolute atomic E-state index is 0.149. The quantitative estimate of drug-likeness (QED) is 0.313. The van der Waals surface area contributed by atoms with E-state index in [-0.39, 0.29) is 23.5 Å². The summed E-state index contributed by atoms with van der Waals surface area (Å²) in [6, 6.07) is 13.7. The third kappa shape index (κ3) is 4.86. The van der Waals surface area contributed by atoms with Crippen LogP contribution in [0.5, 0.6) is 0 Å². The Balaban J connectivity index is 1.30. The predicted molar refractivity (Wildman–Crippen MR) is 148 cm³/mol. The molecular weight excluding hydrogens is 533 g/mol. The molecule has 1 aliphatic rings. The molecule has 5 aromatic rings. The molecule has 12 heteroatoms. The van der Waals surface area contributed by atoms with Gasteiger partial charge in [-0.2, -0.15) is 0 Å². The zero-order valence-electron chi connectivity index (χ0n) is 22.0. The van der Waals surface area contributed by atoms with E-state index in [1.807, 2.05) is 24.3 Å². The molecule has 0 radical (unpaired) electrons. The highest BCUT2D eigenvalue weighted by Gasteiger charge is 2.29. The number of anilines is 1. The molecule has 2 aromatic carbocycles. The minimum Gasteiger partial charge on any atom is -0.311 e. The number of aromatic amines is 2. The smallest absolute Gasteiger partial charge is 0.311 e. The summed E-state index contributed by atoms with van der Waals surface area (Å²) in [4.78, 5) is 48.1. The number of fused-ring (bicyclic) bond motifs is 1. The Labute approximate surface area is 231 Å². The lowest BCUT2D eigenvalue weighted by Crippen LogP contribution is -2.41. The van der Waals surface area contributed by atoms with Gasteiger partial charge in [0, 0.05) is 18.3 Å². The second kappa shape index (κ2) is 10.3. The number of rotatable bonds is 8. The van der Waals surface area contributed by atoms with Crippen molar-refractivity contribution in [1.29, 1.82) is 0 Å². The lowest BCUT2D eigenvalue weighted by Gasteiger charge is -2.16. The van der Waals surface area contributed by atoms with Gasteiger partial charge >= 0.3 is 11.2 Å². The second-order valence-electron chi connectivity index (χ2n) is 10.2.